The van der Waals surface area contributed by atoms with Gasteiger partial charge in [0.25, 0.3) is 0 Å². The molecule has 1 amide bonds. The molecule has 0 bridgehead atoms. The van der Waals surface area contributed by atoms with Gasteiger partial charge in [0.1, 0.15) is 0 Å². The number of hydrogen-bond donors (Lipinski definition) is 1. The Morgan fingerprint density at radius 1 is 1.20 bits per heavy atom. The maximum Gasteiger partial charge on any atom is 0.231 e. The van der Waals surface area contributed by atoms with E-state index in [0.717, 1.165) is 31.7 Å². The number of amides is 1. The van der Waals surface area contributed by atoms with Crippen molar-refractivity contribution >= 4 is 5.91 Å². The van der Waals surface area contributed by atoms with E-state index in [2.05, 4.69) is 5.32 Å². The van der Waals surface area contributed by atoms with E-state index in [-0.39, 0.29) is 5.91 Å². The third-order valence-electron chi connectivity index (χ3n) is 2.52. The molecule has 1 aromatic rings. The molecular formula is C12H15N2O. The second kappa shape index (κ2) is 4.94. The molecule has 1 heterocycles. The molecule has 1 saturated heterocycles. The van der Waals surface area contributed by atoms with Crippen LogP contribution in [0.4, 0.5) is 0 Å². The van der Waals surface area contributed by atoms with E-state index in [9.17, 15) is 4.79 Å². The molecule has 2 rings (SSSR count). The summed E-state index contributed by atoms with van der Waals surface area (Å²) in [5.41, 5.74) is 0.973. The Morgan fingerprint density at radius 3 is 2.53 bits per heavy atom. The van der Waals surface area contributed by atoms with Crippen LogP contribution in [0.25, 0.3) is 0 Å². The first-order valence-corrected chi connectivity index (χ1v) is 5.26. The van der Waals surface area contributed by atoms with Crippen LogP contribution in [0.1, 0.15) is 5.56 Å². The summed E-state index contributed by atoms with van der Waals surface area (Å²) in [4.78, 5) is 13.7. The van der Waals surface area contributed by atoms with Crippen molar-refractivity contribution in [1.29, 1.82) is 0 Å². The molecule has 0 spiro atoms. The first kappa shape index (κ1) is 10.2. The van der Waals surface area contributed by atoms with Gasteiger partial charge in [-0.3, -0.25) is 4.79 Å². The lowest BCUT2D eigenvalue weighted by Crippen LogP contribution is -2.46. The average molecular weight is 203 g/mol. The van der Waals surface area contributed by atoms with E-state index in [4.69, 9.17) is 0 Å². The maximum atomic E-state index is 11.8. The molecule has 3 nitrogen and oxygen atoms in total. The van der Waals surface area contributed by atoms with Crippen LogP contribution < -0.4 is 5.32 Å². The zero-order valence-electron chi connectivity index (χ0n) is 8.65. The van der Waals surface area contributed by atoms with Crippen molar-refractivity contribution in [3.63, 3.8) is 0 Å². The number of piperazine rings is 1. The van der Waals surface area contributed by atoms with Gasteiger partial charge in [0, 0.05) is 26.2 Å². The van der Waals surface area contributed by atoms with Crippen molar-refractivity contribution in [3.8, 4) is 0 Å². The standard InChI is InChI=1S/C12H15N2O/c15-12(14-8-6-13-7-9-14)10-11-4-2-1-3-5-11/h1-5,10,13H,6-9H2. The highest BCUT2D eigenvalue weighted by Crippen LogP contribution is 2.05. The first-order chi connectivity index (χ1) is 7.36. The molecule has 1 aromatic carbocycles. The summed E-state index contributed by atoms with van der Waals surface area (Å²) in [6.07, 6.45) is 1.70. The van der Waals surface area contributed by atoms with Gasteiger partial charge in [0.2, 0.25) is 5.91 Å². The summed E-state index contributed by atoms with van der Waals surface area (Å²) in [5.74, 6) is 0.114. The van der Waals surface area contributed by atoms with Gasteiger partial charge in [-0.25, -0.2) is 0 Å². The molecule has 1 aliphatic heterocycles. The number of carbonyl (C=O) groups excluding carboxylic acids is 1. The Hall–Kier alpha value is -1.35. The van der Waals surface area contributed by atoms with Crippen LogP contribution in [0.5, 0.6) is 0 Å². The Balaban J connectivity index is 1.91. The molecule has 3 heteroatoms. The highest BCUT2D eigenvalue weighted by molar-refractivity contribution is 5.88. The van der Waals surface area contributed by atoms with Crippen LogP contribution in [-0.2, 0) is 4.79 Å². The SMILES string of the molecule is O=C([CH]c1ccccc1)N1CCNCC1. The predicted octanol–water partition coefficient (Wildman–Crippen LogP) is 0.671. The highest BCUT2D eigenvalue weighted by Gasteiger charge is 2.16. The van der Waals surface area contributed by atoms with Crippen LogP contribution in [0.15, 0.2) is 30.3 Å². The van der Waals surface area contributed by atoms with Crippen molar-refractivity contribution in [2.75, 3.05) is 26.2 Å². The van der Waals surface area contributed by atoms with Gasteiger partial charge in [0.15, 0.2) is 0 Å². The topological polar surface area (TPSA) is 32.3 Å². The van der Waals surface area contributed by atoms with Crippen molar-refractivity contribution in [3.05, 3.63) is 42.3 Å². The summed E-state index contributed by atoms with van der Waals surface area (Å²) in [6, 6.07) is 9.72. The number of hydrogen-bond acceptors (Lipinski definition) is 2. The van der Waals surface area contributed by atoms with E-state index in [1.165, 1.54) is 0 Å². The molecule has 1 aliphatic rings. The number of benzene rings is 1. The molecule has 79 valence electrons. The van der Waals surface area contributed by atoms with E-state index >= 15 is 0 Å². The first-order valence-electron chi connectivity index (χ1n) is 5.26. The number of rotatable bonds is 2. The molecular weight excluding hydrogens is 188 g/mol. The van der Waals surface area contributed by atoms with Gasteiger partial charge >= 0.3 is 0 Å². The lowest BCUT2D eigenvalue weighted by molar-refractivity contribution is -0.127. The molecule has 0 aromatic heterocycles. The normalized spacial score (nSPS) is 16.4. The second-order valence-corrected chi connectivity index (χ2v) is 3.63. The van der Waals surface area contributed by atoms with Crippen LogP contribution >= 0.6 is 0 Å². The fraction of sp³-hybridized carbons (Fsp3) is 0.333. The smallest absolute Gasteiger partial charge is 0.231 e. The molecule has 0 atom stereocenters. The van der Waals surface area contributed by atoms with Crippen LogP contribution in [0.2, 0.25) is 0 Å². The summed E-state index contributed by atoms with van der Waals surface area (Å²) < 4.78 is 0. The average Bonchev–Trinajstić information content (AvgIpc) is 2.31. The summed E-state index contributed by atoms with van der Waals surface area (Å²) in [7, 11) is 0. The van der Waals surface area contributed by atoms with Gasteiger partial charge in [0.05, 0.1) is 6.42 Å². The minimum absolute atomic E-state index is 0.114. The minimum Gasteiger partial charge on any atom is -0.340 e. The van der Waals surface area contributed by atoms with Crippen molar-refractivity contribution in [2.45, 2.75) is 0 Å². The molecule has 0 aliphatic carbocycles. The maximum absolute atomic E-state index is 11.8. The van der Waals surface area contributed by atoms with Gasteiger partial charge in [-0.1, -0.05) is 30.3 Å². The lowest BCUT2D eigenvalue weighted by Gasteiger charge is -2.27. The number of nitrogens with one attached hydrogen (secondary N) is 1. The van der Waals surface area contributed by atoms with E-state index in [0.29, 0.717) is 0 Å². The lowest BCUT2D eigenvalue weighted by atomic mass is 10.1. The molecule has 1 fully saturated rings. The molecule has 0 saturated carbocycles. The summed E-state index contributed by atoms with van der Waals surface area (Å²) in [6.45, 7) is 3.41. The van der Waals surface area contributed by atoms with Crippen molar-refractivity contribution < 1.29 is 4.79 Å². The van der Waals surface area contributed by atoms with Crippen LogP contribution in [-0.4, -0.2) is 37.0 Å². The van der Waals surface area contributed by atoms with E-state index in [1.54, 1.807) is 6.42 Å². The summed E-state index contributed by atoms with van der Waals surface area (Å²) in [5, 5.41) is 3.23. The van der Waals surface area contributed by atoms with Gasteiger partial charge in [-0.2, -0.15) is 0 Å². The predicted molar refractivity (Wildman–Crippen MR) is 59.3 cm³/mol. The fourth-order valence-corrected chi connectivity index (χ4v) is 1.67. The molecule has 15 heavy (non-hydrogen) atoms. The second-order valence-electron chi connectivity index (χ2n) is 3.63. The monoisotopic (exact) mass is 203 g/mol. The molecule has 0 unspecified atom stereocenters. The van der Waals surface area contributed by atoms with E-state index in [1.807, 2.05) is 35.2 Å². The van der Waals surface area contributed by atoms with Gasteiger partial charge in [-0.05, 0) is 5.56 Å². The van der Waals surface area contributed by atoms with E-state index < -0.39 is 0 Å². The van der Waals surface area contributed by atoms with Crippen LogP contribution in [0, 0.1) is 6.42 Å². The molecule has 1 radical (unpaired) electrons. The van der Waals surface area contributed by atoms with Gasteiger partial charge < -0.3 is 10.2 Å². The Kier molecular flexibility index (Phi) is 3.35. The Bertz CT molecular complexity index is 318. The zero-order valence-corrected chi connectivity index (χ0v) is 8.65. The zero-order chi connectivity index (χ0) is 10.5. The van der Waals surface area contributed by atoms with Crippen molar-refractivity contribution in [1.82, 2.24) is 10.2 Å². The summed E-state index contributed by atoms with van der Waals surface area (Å²) >= 11 is 0. The number of carbonyl (C=O) groups is 1. The van der Waals surface area contributed by atoms with Crippen LogP contribution in [0.3, 0.4) is 0 Å². The van der Waals surface area contributed by atoms with Crippen molar-refractivity contribution in [2.24, 2.45) is 0 Å². The quantitative estimate of drug-likeness (QED) is 0.766. The Labute approximate surface area is 90.1 Å². The Morgan fingerprint density at radius 2 is 1.87 bits per heavy atom. The third kappa shape index (κ3) is 2.80. The fourth-order valence-electron chi connectivity index (χ4n) is 1.67. The highest BCUT2D eigenvalue weighted by atomic mass is 16.2. The minimum atomic E-state index is 0.114. The number of nitrogens with zero attached hydrogens (tertiary/aromatic N) is 1. The molecule has 1 N–H and O–H groups in total. The largest absolute Gasteiger partial charge is 0.340 e. The van der Waals surface area contributed by atoms with Gasteiger partial charge in [-0.15, -0.1) is 0 Å². The third-order valence-corrected chi connectivity index (χ3v) is 2.52.